The molecule has 0 radical (unpaired) electrons. The number of carbonyl (C=O) groups is 1. The van der Waals surface area contributed by atoms with Crippen molar-refractivity contribution in [2.75, 3.05) is 30.3 Å². The van der Waals surface area contributed by atoms with Gasteiger partial charge in [0.2, 0.25) is 0 Å². The fraction of sp³-hybridized carbons (Fsp3) is 0.500. The summed E-state index contributed by atoms with van der Waals surface area (Å²) in [6, 6.07) is 4.90. The van der Waals surface area contributed by atoms with E-state index in [1.807, 2.05) is 6.92 Å². The Morgan fingerprint density at radius 3 is 3.00 bits per heavy atom. The lowest BCUT2D eigenvalue weighted by Crippen LogP contribution is -2.40. The minimum absolute atomic E-state index is 0.222. The predicted molar refractivity (Wildman–Crippen MR) is 74.7 cm³/mol. The van der Waals surface area contributed by atoms with Crippen LogP contribution in [0.3, 0.4) is 0 Å². The second-order valence-corrected chi connectivity index (χ2v) is 4.74. The van der Waals surface area contributed by atoms with E-state index in [4.69, 9.17) is 15.6 Å². The largest absolute Gasteiger partial charge is 0.478 e. The van der Waals surface area contributed by atoms with Crippen LogP contribution in [0.25, 0.3) is 0 Å². The number of piperidine rings is 1. The van der Waals surface area contributed by atoms with Gasteiger partial charge in [-0.15, -0.1) is 0 Å². The number of aromatic carboxylic acids is 1. The number of hydrogen-bond acceptors (Lipinski definition) is 4. The Hall–Kier alpha value is -1.75. The third-order valence-corrected chi connectivity index (χ3v) is 3.40. The third-order valence-electron chi connectivity index (χ3n) is 3.40. The van der Waals surface area contributed by atoms with E-state index in [1.54, 1.807) is 12.1 Å². The van der Waals surface area contributed by atoms with E-state index in [9.17, 15) is 4.79 Å². The minimum atomic E-state index is -0.955. The Balaban J connectivity index is 2.15. The maximum Gasteiger partial charge on any atom is 0.335 e. The number of rotatable bonds is 4. The molecule has 1 fully saturated rings. The minimum Gasteiger partial charge on any atom is -0.478 e. The molecule has 0 saturated carbocycles. The summed E-state index contributed by atoms with van der Waals surface area (Å²) in [5.41, 5.74) is 7.59. The normalized spacial score (nSPS) is 19.4. The van der Waals surface area contributed by atoms with E-state index in [0.717, 1.165) is 31.6 Å². The molecule has 0 spiro atoms. The fourth-order valence-corrected chi connectivity index (χ4v) is 2.50. The van der Waals surface area contributed by atoms with Gasteiger partial charge in [0, 0.05) is 19.7 Å². The number of hydrogen-bond donors (Lipinski definition) is 2. The second-order valence-electron chi connectivity index (χ2n) is 4.74. The summed E-state index contributed by atoms with van der Waals surface area (Å²) in [4.78, 5) is 13.1. The molecule has 1 atom stereocenters. The molecule has 1 unspecified atom stereocenters. The smallest absolute Gasteiger partial charge is 0.335 e. The lowest BCUT2D eigenvalue weighted by atomic mass is 10.1. The van der Waals surface area contributed by atoms with Crippen molar-refractivity contribution in [3.05, 3.63) is 23.8 Å². The van der Waals surface area contributed by atoms with Crippen LogP contribution in [0, 0.1) is 0 Å². The molecule has 0 aliphatic carbocycles. The molecule has 0 aromatic heterocycles. The molecule has 3 N–H and O–H groups in total. The summed E-state index contributed by atoms with van der Waals surface area (Å²) < 4.78 is 5.66. The molecule has 19 heavy (non-hydrogen) atoms. The summed E-state index contributed by atoms with van der Waals surface area (Å²) in [5, 5.41) is 8.93. The zero-order chi connectivity index (χ0) is 13.8. The Morgan fingerprint density at radius 2 is 2.37 bits per heavy atom. The first-order valence-corrected chi connectivity index (χ1v) is 6.61. The number of carboxylic acid groups (broad SMARTS) is 1. The number of carboxylic acids is 1. The third kappa shape index (κ3) is 3.17. The zero-order valence-corrected chi connectivity index (χ0v) is 11.1. The number of anilines is 2. The number of benzene rings is 1. The highest BCUT2D eigenvalue weighted by atomic mass is 16.5. The molecule has 2 rings (SSSR count). The van der Waals surface area contributed by atoms with Crippen molar-refractivity contribution in [2.24, 2.45) is 0 Å². The van der Waals surface area contributed by atoms with Gasteiger partial charge >= 0.3 is 5.97 Å². The Bertz CT molecular complexity index is 460. The van der Waals surface area contributed by atoms with Crippen molar-refractivity contribution in [1.29, 1.82) is 0 Å². The van der Waals surface area contributed by atoms with Crippen molar-refractivity contribution in [3.63, 3.8) is 0 Å². The molecule has 0 bridgehead atoms. The fourth-order valence-electron chi connectivity index (χ4n) is 2.50. The van der Waals surface area contributed by atoms with E-state index >= 15 is 0 Å². The molecule has 1 aromatic rings. The summed E-state index contributed by atoms with van der Waals surface area (Å²) in [5.74, 6) is -0.955. The highest BCUT2D eigenvalue weighted by Crippen LogP contribution is 2.28. The maximum atomic E-state index is 10.9. The van der Waals surface area contributed by atoms with Gasteiger partial charge in [-0.2, -0.15) is 0 Å². The number of nitrogens with two attached hydrogens (primary N) is 1. The first-order chi connectivity index (χ1) is 9.11. The lowest BCUT2D eigenvalue weighted by molar-refractivity contribution is 0.0527. The van der Waals surface area contributed by atoms with Crippen molar-refractivity contribution in [2.45, 2.75) is 25.9 Å². The number of nitrogen functional groups attached to an aromatic ring is 1. The Morgan fingerprint density at radius 1 is 1.58 bits per heavy atom. The quantitative estimate of drug-likeness (QED) is 0.813. The van der Waals surface area contributed by atoms with E-state index < -0.39 is 5.97 Å². The van der Waals surface area contributed by atoms with Crippen LogP contribution in [0.1, 0.15) is 30.1 Å². The van der Waals surface area contributed by atoms with Gasteiger partial charge in [0.05, 0.1) is 23.0 Å². The van der Waals surface area contributed by atoms with Gasteiger partial charge in [0.1, 0.15) is 0 Å². The molecule has 1 aliphatic rings. The van der Waals surface area contributed by atoms with Gasteiger partial charge in [-0.3, -0.25) is 0 Å². The average Bonchev–Trinajstić information content (AvgIpc) is 2.39. The first-order valence-electron chi connectivity index (χ1n) is 6.61. The molecule has 1 aliphatic heterocycles. The van der Waals surface area contributed by atoms with Crippen LogP contribution in [0.15, 0.2) is 18.2 Å². The Labute approximate surface area is 113 Å². The average molecular weight is 264 g/mol. The van der Waals surface area contributed by atoms with Crippen molar-refractivity contribution >= 4 is 17.3 Å². The maximum absolute atomic E-state index is 10.9. The molecule has 1 heterocycles. The van der Waals surface area contributed by atoms with Crippen LogP contribution < -0.4 is 10.6 Å². The highest BCUT2D eigenvalue weighted by Gasteiger charge is 2.21. The van der Waals surface area contributed by atoms with Gasteiger partial charge in [0.25, 0.3) is 0 Å². The first kappa shape index (κ1) is 13.7. The van der Waals surface area contributed by atoms with Crippen LogP contribution in [0.2, 0.25) is 0 Å². The van der Waals surface area contributed by atoms with Gasteiger partial charge in [-0.05, 0) is 38.0 Å². The molecule has 0 amide bonds. The SMILES string of the molecule is CCOC1CCCN(c2ccc(C(=O)O)cc2N)C1. The van der Waals surface area contributed by atoms with Gasteiger partial charge < -0.3 is 20.5 Å². The highest BCUT2D eigenvalue weighted by molar-refractivity contribution is 5.90. The molecule has 1 saturated heterocycles. The number of ether oxygens (including phenoxy) is 1. The van der Waals surface area contributed by atoms with Crippen LogP contribution in [-0.4, -0.2) is 36.9 Å². The number of nitrogens with zero attached hydrogens (tertiary/aromatic N) is 1. The summed E-state index contributed by atoms with van der Waals surface area (Å²) in [6.45, 7) is 4.45. The van der Waals surface area contributed by atoms with Gasteiger partial charge in [-0.25, -0.2) is 4.79 Å². The monoisotopic (exact) mass is 264 g/mol. The molecule has 5 heteroatoms. The van der Waals surface area contributed by atoms with E-state index in [0.29, 0.717) is 12.3 Å². The van der Waals surface area contributed by atoms with Crippen LogP contribution in [0.5, 0.6) is 0 Å². The summed E-state index contributed by atoms with van der Waals surface area (Å²) in [7, 11) is 0. The van der Waals surface area contributed by atoms with Crippen LogP contribution in [-0.2, 0) is 4.74 Å². The van der Waals surface area contributed by atoms with Crippen molar-refractivity contribution in [1.82, 2.24) is 0 Å². The van der Waals surface area contributed by atoms with Gasteiger partial charge in [-0.1, -0.05) is 0 Å². The lowest BCUT2D eigenvalue weighted by Gasteiger charge is -2.34. The van der Waals surface area contributed by atoms with E-state index in [2.05, 4.69) is 4.90 Å². The van der Waals surface area contributed by atoms with Crippen LogP contribution in [0.4, 0.5) is 11.4 Å². The summed E-state index contributed by atoms with van der Waals surface area (Å²) >= 11 is 0. The van der Waals surface area contributed by atoms with E-state index in [-0.39, 0.29) is 11.7 Å². The predicted octanol–water partition coefficient (Wildman–Crippen LogP) is 1.97. The Kier molecular flexibility index (Phi) is 4.27. The van der Waals surface area contributed by atoms with Crippen molar-refractivity contribution < 1.29 is 14.6 Å². The molecule has 1 aromatic carbocycles. The summed E-state index contributed by atoms with van der Waals surface area (Å²) in [6.07, 6.45) is 2.36. The second kappa shape index (κ2) is 5.93. The zero-order valence-electron chi connectivity index (χ0n) is 11.1. The van der Waals surface area contributed by atoms with Crippen molar-refractivity contribution in [3.8, 4) is 0 Å². The molecule has 5 nitrogen and oxygen atoms in total. The molecule has 104 valence electrons. The molecular formula is C14H20N2O3. The van der Waals surface area contributed by atoms with Crippen LogP contribution >= 0.6 is 0 Å². The van der Waals surface area contributed by atoms with Gasteiger partial charge in [0.15, 0.2) is 0 Å². The molecular weight excluding hydrogens is 244 g/mol. The standard InChI is InChI=1S/C14H20N2O3/c1-2-19-11-4-3-7-16(9-11)13-6-5-10(14(17)18)8-12(13)15/h5-6,8,11H,2-4,7,9,15H2,1H3,(H,17,18). The topological polar surface area (TPSA) is 75.8 Å². The van der Waals surface area contributed by atoms with E-state index in [1.165, 1.54) is 6.07 Å².